The van der Waals surface area contributed by atoms with Crippen molar-refractivity contribution in [2.75, 3.05) is 50.4 Å². The molecule has 0 radical (unpaired) electrons. The summed E-state index contributed by atoms with van der Waals surface area (Å²) >= 11 is 3.34. The molecule has 0 unspecified atom stereocenters. The highest BCUT2D eigenvalue weighted by atomic mass is 79.9. The second-order valence-electron chi connectivity index (χ2n) is 4.33. The van der Waals surface area contributed by atoms with Crippen LogP contribution in [-0.4, -0.2) is 49.3 Å². The van der Waals surface area contributed by atoms with E-state index in [9.17, 15) is 0 Å². The van der Waals surface area contributed by atoms with Crippen LogP contribution in [0, 0.1) is 0 Å². The van der Waals surface area contributed by atoms with Gasteiger partial charge in [0.05, 0.1) is 18.9 Å². The Kier molecular flexibility index (Phi) is 5.22. The number of aromatic nitrogens is 1. The molecule has 1 aromatic rings. The van der Waals surface area contributed by atoms with Crippen LogP contribution in [0.25, 0.3) is 0 Å². The van der Waals surface area contributed by atoms with Crippen LogP contribution in [-0.2, 0) is 4.74 Å². The van der Waals surface area contributed by atoms with Crippen LogP contribution in [0.1, 0.15) is 6.42 Å². The van der Waals surface area contributed by atoms with Gasteiger partial charge >= 0.3 is 0 Å². The molecule has 1 fully saturated rings. The molecule has 0 aromatic carbocycles. The minimum atomic E-state index is 0.677. The van der Waals surface area contributed by atoms with Gasteiger partial charge in [0.15, 0.2) is 0 Å². The molecule has 0 atom stereocenters. The number of anilines is 2. The molecule has 3 N–H and O–H groups in total. The Labute approximate surface area is 116 Å². The summed E-state index contributed by atoms with van der Waals surface area (Å²) in [5.41, 5.74) is 6.54. The number of rotatable bonds is 5. The van der Waals surface area contributed by atoms with Crippen LogP contribution in [0.15, 0.2) is 16.7 Å². The molecule has 2 rings (SSSR count). The lowest BCUT2D eigenvalue weighted by Crippen LogP contribution is -2.37. The maximum absolute atomic E-state index is 5.86. The van der Waals surface area contributed by atoms with E-state index in [4.69, 9.17) is 10.5 Å². The molecule has 0 spiro atoms. The maximum atomic E-state index is 5.86. The van der Waals surface area contributed by atoms with Gasteiger partial charge in [-0.25, -0.2) is 4.98 Å². The number of nitrogens with two attached hydrogens (primary N) is 1. The zero-order chi connectivity index (χ0) is 12.8. The van der Waals surface area contributed by atoms with Crippen molar-refractivity contribution in [1.29, 1.82) is 0 Å². The summed E-state index contributed by atoms with van der Waals surface area (Å²) < 4.78 is 6.22. The van der Waals surface area contributed by atoms with Gasteiger partial charge in [0.25, 0.3) is 0 Å². The highest BCUT2D eigenvalue weighted by Crippen LogP contribution is 2.19. The number of hydrogen-bond donors (Lipinski definition) is 2. The number of halogens is 1. The first-order chi connectivity index (χ1) is 8.75. The van der Waals surface area contributed by atoms with Crippen LogP contribution in [0.5, 0.6) is 0 Å². The summed E-state index contributed by atoms with van der Waals surface area (Å²) in [5, 5.41) is 3.26. The van der Waals surface area contributed by atoms with E-state index in [0.717, 1.165) is 56.1 Å². The highest BCUT2D eigenvalue weighted by Gasteiger charge is 2.09. The van der Waals surface area contributed by atoms with Gasteiger partial charge in [-0.15, -0.1) is 0 Å². The van der Waals surface area contributed by atoms with E-state index in [-0.39, 0.29) is 0 Å². The zero-order valence-electron chi connectivity index (χ0n) is 10.4. The lowest BCUT2D eigenvalue weighted by molar-refractivity contribution is 0.0378. The Balaban J connectivity index is 1.68. The van der Waals surface area contributed by atoms with E-state index >= 15 is 0 Å². The smallest absolute Gasteiger partial charge is 0.149 e. The van der Waals surface area contributed by atoms with Crippen molar-refractivity contribution in [2.24, 2.45) is 0 Å². The Hall–Kier alpha value is -0.850. The van der Waals surface area contributed by atoms with Crippen LogP contribution in [0.4, 0.5) is 11.5 Å². The maximum Gasteiger partial charge on any atom is 0.149 e. The lowest BCUT2D eigenvalue weighted by Gasteiger charge is -2.26. The largest absolute Gasteiger partial charge is 0.396 e. The summed E-state index contributed by atoms with van der Waals surface area (Å²) in [6.07, 6.45) is 2.83. The van der Waals surface area contributed by atoms with E-state index < -0.39 is 0 Å². The average Bonchev–Trinajstić information content (AvgIpc) is 2.38. The molecule has 1 aromatic heterocycles. The van der Waals surface area contributed by atoms with Crippen LogP contribution in [0.2, 0.25) is 0 Å². The molecule has 1 saturated heterocycles. The molecule has 1 aliphatic rings. The van der Waals surface area contributed by atoms with Crippen molar-refractivity contribution < 1.29 is 4.74 Å². The molecule has 0 saturated carbocycles. The number of ether oxygens (including phenoxy) is 1. The van der Waals surface area contributed by atoms with Crippen molar-refractivity contribution in [3.05, 3.63) is 16.7 Å². The Morgan fingerprint density at radius 2 is 2.22 bits per heavy atom. The first kappa shape index (κ1) is 13.6. The van der Waals surface area contributed by atoms with Crippen LogP contribution in [0.3, 0.4) is 0 Å². The molecule has 0 aliphatic carbocycles. The number of nitrogens with one attached hydrogen (secondary N) is 1. The topological polar surface area (TPSA) is 63.4 Å². The Bertz CT molecular complexity index is 382. The highest BCUT2D eigenvalue weighted by molar-refractivity contribution is 9.10. The predicted octanol–water partition coefficient (Wildman–Crippen LogP) is 1.56. The minimum Gasteiger partial charge on any atom is -0.396 e. The van der Waals surface area contributed by atoms with Gasteiger partial charge in [0.1, 0.15) is 5.82 Å². The molecule has 0 bridgehead atoms. The predicted molar refractivity (Wildman–Crippen MR) is 76.7 cm³/mol. The van der Waals surface area contributed by atoms with Gasteiger partial charge < -0.3 is 15.8 Å². The summed E-state index contributed by atoms with van der Waals surface area (Å²) in [4.78, 5) is 6.67. The van der Waals surface area contributed by atoms with Gasteiger partial charge in [-0.05, 0) is 35.0 Å². The van der Waals surface area contributed by atoms with Crippen LogP contribution < -0.4 is 11.1 Å². The van der Waals surface area contributed by atoms with Crippen LogP contribution >= 0.6 is 15.9 Å². The van der Waals surface area contributed by atoms with Gasteiger partial charge in [0.2, 0.25) is 0 Å². The van der Waals surface area contributed by atoms with Crippen molar-refractivity contribution in [2.45, 2.75) is 6.42 Å². The van der Waals surface area contributed by atoms with Crippen molar-refractivity contribution in [1.82, 2.24) is 9.88 Å². The molecule has 18 heavy (non-hydrogen) atoms. The Morgan fingerprint density at radius 3 is 2.94 bits per heavy atom. The number of hydrogen-bond acceptors (Lipinski definition) is 5. The molecular weight excluding hydrogens is 296 g/mol. The second kappa shape index (κ2) is 6.92. The standard InChI is InChI=1S/C12H19BrN4O/c13-10-8-11(14)12(16-9-10)15-2-1-3-17-4-6-18-7-5-17/h8-9H,1-7,14H2,(H,15,16). The summed E-state index contributed by atoms with van der Waals surface area (Å²) in [6, 6.07) is 1.86. The molecule has 5 nitrogen and oxygen atoms in total. The number of morpholine rings is 1. The monoisotopic (exact) mass is 314 g/mol. The normalized spacial score (nSPS) is 16.7. The molecule has 0 amide bonds. The summed E-state index contributed by atoms with van der Waals surface area (Å²) in [5.74, 6) is 0.764. The molecule has 100 valence electrons. The van der Waals surface area contributed by atoms with Gasteiger partial charge in [-0.1, -0.05) is 0 Å². The second-order valence-corrected chi connectivity index (χ2v) is 5.24. The third kappa shape index (κ3) is 4.12. The zero-order valence-corrected chi connectivity index (χ0v) is 11.9. The van der Waals surface area contributed by atoms with Gasteiger partial charge in [-0.3, -0.25) is 4.90 Å². The third-order valence-corrected chi connectivity index (χ3v) is 3.36. The van der Waals surface area contributed by atoms with E-state index in [0.29, 0.717) is 5.69 Å². The minimum absolute atomic E-state index is 0.677. The molecule has 1 aliphatic heterocycles. The fourth-order valence-corrected chi connectivity index (χ4v) is 2.29. The fraction of sp³-hybridized carbons (Fsp3) is 0.583. The number of nitrogens with zero attached hydrogens (tertiary/aromatic N) is 2. The average molecular weight is 315 g/mol. The van der Waals surface area contributed by atoms with E-state index in [1.54, 1.807) is 6.20 Å². The first-order valence-electron chi connectivity index (χ1n) is 6.21. The molecule has 6 heteroatoms. The van der Waals surface area contributed by atoms with E-state index in [1.165, 1.54) is 0 Å². The quantitative estimate of drug-likeness (QED) is 0.808. The Morgan fingerprint density at radius 1 is 1.44 bits per heavy atom. The summed E-state index contributed by atoms with van der Waals surface area (Å²) in [6.45, 7) is 5.77. The van der Waals surface area contributed by atoms with Gasteiger partial charge in [-0.2, -0.15) is 0 Å². The lowest BCUT2D eigenvalue weighted by atomic mass is 10.3. The SMILES string of the molecule is Nc1cc(Br)cnc1NCCCN1CCOCC1. The van der Waals surface area contributed by atoms with Gasteiger partial charge in [0, 0.05) is 30.3 Å². The first-order valence-corrected chi connectivity index (χ1v) is 7.00. The molecular formula is C12H19BrN4O. The summed E-state index contributed by atoms with van der Waals surface area (Å²) in [7, 11) is 0. The number of pyridine rings is 1. The van der Waals surface area contributed by atoms with Crippen molar-refractivity contribution in [3.63, 3.8) is 0 Å². The fourth-order valence-electron chi connectivity index (χ4n) is 1.94. The third-order valence-electron chi connectivity index (χ3n) is 2.93. The number of nitrogen functional groups attached to an aromatic ring is 1. The van der Waals surface area contributed by atoms with Crippen molar-refractivity contribution >= 4 is 27.4 Å². The van der Waals surface area contributed by atoms with E-state index in [2.05, 4.69) is 31.1 Å². The van der Waals surface area contributed by atoms with Crippen molar-refractivity contribution in [3.8, 4) is 0 Å². The van der Waals surface area contributed by atoms with E-state index in [1.807, 2.05) is 6.07 Å². The molecule has 2 heterocycles.